The molecule has 1 amide bonds. The fourth-order valence-electron chi connectivity index (χ4n) is 1.89. The van der Waals surface area contributed by atoms with Gasteiger partial charge >= 0.3 is 0 Å². The first kappa shape index (κ1) is 15.6. The van der Waals surface area contributed by atoms with Crippen LogP contribution in [-0.4, -0.2) is 5.91 Å². The van der Waals surface area contributed by atoms with Crippen LogP contribution in [0.1, 0.15) is 12.5 Å². The highest BCUT2D eigenvalue weighted by Crippen LogP contribution is 2.29. The third-order valence-corrected chi connectivity index (χ3v) is 2.91. The highest BCUT2D eigenvalue weighted by molar-refractivity contribution is 6.00. The zero-order valence-electron chi connectivity index (χ0n) is 12.7. The van der Waals surface area contributed by atoms with Gasteiger partial charge in [0.25, 0.3) is 0 Å². The lowest BCUT2D eigenvalue weighted by Crippen LogP contribution is -2.08. The topological polar surface area (TPSA) is 38.3 Å². The highest BCUT2D eigenvalue weighted by Gasteiger charge is 2.06. The van der Waals surface area contributed by atoms with E-state index in [-0.39, 0.29) is 5.91 Å². The quantitative estimate of drug-likeness (QED) is 0.631. The molecule has 1 N–H and O–H groups in total. The molecule has 0 spiro atoms. The van der Waals surface area contributed by atoms with E-state index in [0.717, 1.165) is 11.3 Å². The third-order valence-electron chi connectivity index (χ3n) is 2.91. The Labute approximate surface area is 130 Å². The van der Waals surface area contributed by atoms with Gasteiger partial charge in [0.2, 0.25) is 5.91 Å². The lowest BCUT2D eigenvalue weighted by Gasteiger charge is -2.11. The van der Waals surface area contributed by atoms with Crippen LogP contribution in [0.2, 0.25) is 0 Å². The minimum absolute atomic E-state index is 0.196. The van der Waals surface area contributed by atoms with Crippen LogP contribution in [0.15, 0.2) is 72.8 Å². The van der Waals surface area contributed by atoms with Crippen molar-refractivity contribution < 1.29 is 9.53 Å². The maximum Gasteiger partial charge on any atom is 0.248 e. The number of anilines is 1. The first-order valence-electron chi connectivity index (χ1n) is 7.13. The normalized spacial score (nSPS) is 11.0. The zero-order chi connectivity index (χ0) is 15.8. The predicted molar refractivity (Wildman–Crippen MR) is 90.3 cm³/mol. The molecular formula is C19H19NO2. The van der Waals surface area contributed by atoms with Crippen molar-refractivity contribution in [3.05, 3.63) is 78.4 Å². The van der Waals surface area contributed by atoms with Crippen LogP contribution in [0, 0.1) is 6.92 Å². The third kappa shape index (κ3) is 4.63. The first-order valence-corrected chi connectivity index (χ1v) is 7.13. The van der Waals surface area contributed by atoms with Gasteiger partial charge in [0, 0.05) is 6.08 Å². The number of benzene rings is 2. The van der Waals surface area contributed by atoms with Crippen LogP contribution >= 0.6 is 0 Å². The average Bonchev–Trinajstić information content (AvgIpc) is 2.50. The van der Waals surface area contributed by atoms with Crippen molar-refractivity contribution in [2.75, 3.05) is 5.32 Å². The lowest BCUT2D eigenvalue weighted by atomic mass is 10.2. The summed E-state index contributed by atoms with van der Waals surface area (Å²) in [5, 5.41) is 2.82. The minimum Gasteiger partial charge on any atom is -0.455 e. The number of allylic oxidation sites excluding steroid dienone is 3. The molecule has 0 aliphatic rings. The second-order valence-corrected chi connectivity index (χ2v) is 4.79. The van der Waals surface area contributed by atoms with Gasteiger partial charge in [-0.2, -0.15) is 0 Å². The molecule has 22 heavy (non-hydrogen) atoms. The Kier molecular flexibility index (Phi) is 5.55. The van der Waals surface area contributed by atoms with Gasteiger partial charge in [0.1, 0.15) is 5.75 Å². The summed E-state index contributed by atoms with van der Waals surface area (Å²) < 4.78 is 5.86. The van der Waals surface area contributed by atoms with E-state index < -0.39 is 0 Å². The van der Waals surface area contributed by atoms with Crippen LogP contribution in [0.5, 0.6) is 11.5 Å². The number of nitrogens with one attached hydrogen (secondary N) is 1. The molecule has 3 heteroatoms. The number of carbonyl (C=O) groups is 1. The van der Waals surface area contributed by atoms with Crippen molar-refractivity contribution in [1.29, 1.82) is 0 Å². The van der Waals surface area contributed by atoms with Gasteiger partial charge < -0.3 is 10.1 Å². The second kappa shape index (κ2) is 7.84. The molecule has 0 heterocycles. The van der Waals surface area contributed by atoms with Gasteiger partial charge in [-0.15, -0.1) is 0 Å². The van der Waals surface area contributed by atoms with Crippen LogP contribution < -0.4 is 10.1 Å². The monoisotopic (exact) mass is 293 g/mol. The molecule has 0 bridgehead atoms. The van der Waals surface area contributed by atoms with Crippen molar-refractivity contribution in [1.82, 2.24) is 0 Å². The van der Waals surface area contributed by atoms with Crippen LogP contribution in [0.3, 0.4) is 0 Å². The number of hydrogen-bond acceptors (Lipinski definition) is 2. The smallest absolute Gasteiger partial charge is 0.248 e. The summed E-state index contributed by atoms with van der Waals surface area (Å²) in [6, 6.07) is 15.1. The SMILES string of the molecule is C/C=C/C=C/C(=O)Nc1ccccc1Oc1cccc(C)c1. The van der Waals surface area contributed by atoms with Crippen molar-refractivity contribution in [3.8, 4) is 11.5 Å². The van der Waals surface area contributed by atoms with E-state index in [4.69, 9.17) is 4.74 Å². The highest BCUT2D eigenvalue weighted by atomic mass is 16.5. The molecule has 0 aromatic heterocycles. The Balaban J connectivity index is 2.14. The van der Waals surface area contributed by atoms with Gasteiger partial charge in [-0.3, -0.25) is 4.79 Å². The molecule has 112 valence electrons. The van der Waals surface area contributed by atoms with Crippen LogP contribution in [0.25, 0.3) is 0 Å². The van der Waals surface area contributed by atoms with E-state index in [1.807, 2.05) is 68.5 Å². The second-order valence-electron chi connectivity index (χ2n) is 4.79. The summed E-state index contributed by atoms with van der Waals surface area (Å²) in [5.41, 5.74) is 1.76. The van der Waals surface area contributed by atoms with E-state index in [0.29, 0.717) is 11.4 Å². The Bertz CT molecular complexity index is 702. The van der Waals surface area contributed by atoms with Crippen molar-refractivity contribution in [2.45, 2.75) is 13.8 Å². The summed E-state index contributed by atoms with van der Waals surface area (Å²) in [5.74, 6) is 1.16. The molecule has 0 aliphatic heterocycles. The molecule has 0 atom stereocenters. The molecule has 3 nitrogen and oxygen atoms in total. The number of rotatable bonds is 5. The van der Waals surface area contributed by atoms with Gasteiger partial charge in [-0.05, 0) is 43.7 Å². The molecule has 2 aromatic rings. The van der Waals surface area contributed by atoms with E-state index in [1.165, 1.54) is 6.08 Å². The number of amides is 1. The maximum absolute atomic E-state index is 11.9. The van der Waals surface area contributed by atoms with Gasteiger partial charge in [0.15, 0.2) is 5.75 Å². The zero-order valence-corrected chi connectivity index (χ0v) is 12.7. The summed E-state index contributed by atoms with van der Waals surface area (Å²) in [7, 11) is 0. The standard InChI is InChI=1S/C19H19NO2/c1-3-4-5-13-19(21)20-17-11-6-7-12-18(17)22-16-10-8-9-15(2)14-16/h3-14H,1-2H3,(H,20,21)/b4-3+,13-5+. The lowest BCUT2D eigenvalue weighted by molar-refractivity contribution is -0.111. The molecule has 0 saturated heterocycles. The van der Waals surface area contributed by atoms with E-state index in [1.54, 1.807) is 12.2 Å². The van der Waals surface area contributed by atoms with Gasteiger partial charge in [-0.25, -0.2) is 0 Å². The molecule has 0 unspecified atom stereocenters. The Hall–Kier alpha value is -2.81. The van der Waals surface area contributed by atoms with Crippen molar-refractivity contribution >= 4 is 11.6 Å². The number of carbonyl (C=O) groups excluding carboxylic acids is 1. The summed E-state index contributed by atoms with van der Waals surface area (Å²) >= 11 is 0. The van der Waals surface area contributed by atoms with Crippen molar-refractivity contribution in [2.24, 2.45) is 0 Å². The number of aryl methyl sites for hydroxylation is 1. The summed E-state index contributed by atoms with van der Waals surface area (Å²) in [4.78, 5) is 11.9. The number of para-hydroxylation sites is 2. The molecule has 0 fully saturated rings. The molecule has 0 radical (unpaired) electrons. The Morgan fingerprint density at radius 3 is 2.68 bits per heavy atom. The van der Waals surface area contributed by atoms with Crippen molar-refractivity contribution in [3.63, 3.8) is 0 Å². The summed E-state index contributed by atoms with van der Waals surface area (Å²) in [6.07, 6.45) is 6.83. The maximum atomic E-state index is 11.9. The first-order chi connectivity index (χ1) is 10.7. The Morgan fingerprint density at radius 2 is 1.91 bits per heavy atom. The largest absolute Gasteiger partial charge is 0.455 e. The van der Waals surface area contributed by atoms with Crippen LogP contribution in [-0.2, 0) is 4.79 Å². The predicted octanol–water partition coefficient (Wildman–Crippen LogP) is 4.86. The van der Waals surface area contributed by atoms with E-state index in [9.17, 15) is 4.79 Å². The van der Waals surface area contributed by atoms with Gasteiger partial charge in [0.05, 0.1) is 5.69 Å². The molecule has 0 saturated carbocycles. The van der Waals surface area contributed by atoms with Gasteiger partial charge in [-0.1, -0.05) is 42.5 Å². The fourth-order valence-corrected chi connectivity index (χ4v) is 1.89. The Morgan fingerprint density at radius 1 is 1.09 bits per heavy atom. The van der Waals surface area contributed by atoms with E-state index >= 15 is 0 Å². The summed E-state index contributed by atoms with van der Waals surface area (Å²) in [6.45, 7) is 3.90. The average molecular weight is 293 g/mol. The molecule has 0 aliphatic carbocycles. The molecule has 2 rings (SSSR count). The number of hydrogen-bond donors (Lipinski definition) is 1. The molecule has 2 aromatic carbocycles. The van der Waals surface area contributed by atoms with E-state index in [2.05, 4.69) is 5.32 Å². The number of ether oxygens (including phenoxy) is 1. The van der Waals surface area contributed by atoms with Crippen LogP contribution in [0.4, 0.5) is 5.69 Å². The molecular weight excluding hydrogens is 274 g/mol. The fraction of sp³-hybridized carbons (Fsp3) is 0.105. The minimum atomic E-state index is -0.196.